The molecule has 1 aliphatic heterocycles. The summed E-state index contributed by atoms with van der Waals surface area (Å²) in [7, 11) is 0. The molecule has 0 atom stereocenters. The molecule has 2 aliphatic rings. The minimum absolute atomic E-state index is 0.528. The predicted octanol–water partition coefficient (Wildman–Crippen LogP) is 7.86. The van der Waals surface area contributed by atoms with E-state index in [4.69, 9.17) is 0 Å². The molecule has 1 heterocycles. The monoisotopic (exact) mass is 422 g/mol. The molecule has 0 N–H and O–H groups in total. The van der Waals surface area contributed by atoms with Crippen molar-refractivity contribution in [3.05, 3.63) is 145 Å². The zero-order valence-electron chi connectivity index (χ0n) is 18.1. The maximum Gasteiger partial charge on any atom is 0.176 e. The summed E-state index contributed by atoms with van der Waals surface area (Å²) >= 11 is 0. The molecule has 1 aliphatic carbocycles. The van der Waals surface area contributed by atoms with Gasteiger partial charge in [0.2, 0.25) is 0 Å². The number of fused-ring (bicyclic) bond motifs is 6. The van der Waals surface area contributed by atoms with E-state index in [9.17, 15) is 0 Å². The lowest BCUT2D eigenvalue weighted by atomic mass is 9.92. The third kappa shape index (κ3) is 2.33. The molecule has 0 bridgehead atoms. The van der Waals surface area contributed by atoms with Crippen LogP contribution in [0, 0.1) is 0 Å². The summed E-state index contributed by atoms with van der Waals surface area (Å²) in [5, 5.41) is 0. The summed E-state index contributed by atoms with van der Waals surface area (Å²) in [5.74, 6) is 0. The number of nitrogens with zero attached hydrogens (tertiary/aromatic N) is 2. The maximum atomic E-state index is 2.53. The molecule has 0 radical (unpaired) electrons. The molecule has 0 saturated heterocycles. The van der Waals surface area contributed by atoms with Gasteiger partial charge in [0, 0.05) is 22.5 Å². The number of para-hydroxylation sites is 4. The highest BCUT2D eigenvalue weighted by Crippen LogP contribution is 2.64. The average Bonchev–Trinajstić information content (AvgIpc) is 3.36. The average molecular weight is 423 g/mol. The predicted molar refractivity (Wildman–Crippen MR) is 136 cm³/mol. The second kappa shape index (κ2) is 6.85. The SMILES string of the molecule is c1ccc(N2c3ccccc3N(c3ccccc3)C23c2ccccc2-c2ccccc23)cc1. The first kappa shape index (κ1) is 18.3. The Morgan fingerprint density at radius 2 is 0.727 bits per heavy atom. The molecule has 0 saturated carbocycles. The third-order valence-electron chi connectivity index (χ3n) is 6.93. The van der Waals surface area contributed by atoms with Crippen molar-refractivity contribution < 1.29 is 0 Å². The van der Waals surface area contributed by atoms with Crippen LogP contribution in [0.5, 0.6) is 0 Å². The molecule has 1 spiro atoms. The van der Waals surface area contributed by atoms with Gasteiger partial charge in [-0.05, 0) is 47.5 Å². The highest BCUT2D eigenvalue weighted by Gasteiger charge is 2.57. The first-order valence-corrected chi connectivity index (χ1v) is 11.4. The summed E-state index contributed by atoms with van der Waals surface area (Å²) in [4.78, 5) is 5.06. The van der Waals surface area contributed by atoms with E-state index in [0.717, 1.165) is 0 Å². The largest absolute Gasteiger partial charge is 0.308 e. The third-order valence-corrected chi connectivity index (χ3v) is 6.93. The van der Waals surface area contributed by atoms with Gasteiger partial charge in [-0.1, -0.05) is 97.1 Å². The topological polar surface area (TPSA) is 6.48 Å². The molecule has 2 heteroatoms. The molecular formula is C31H22N2. The molecule has 7 rings (SSSR count). The van der Waals surface area contributed by atoms with E-state index in [1.54, 1.807) is 0 Å². The van der Waals surface area contributed by atoms with Crippen LogP contribution in [0.3, 0.4) is 0 Å². The van der Waals surface area contributed by atoms with Crippen molar-refractivity contribution in [2.24, 2.45) is 0 Å². The van der Waals surface area contributed by atoms with Crippen LogP contribution in [0.25, 0.3) is 11.1 Å². The summed E-state index contributed by atoms with van der Waals surface area (Å²) < 4.78 is 0. The van der Waals surface area contributed by atoms with Crippen molar-refractivity contribution in [3.8, 4) is 11.1 Å². The molecule has 5 aromatic rings. The van der Waals surface area contributed by atoms with Crippen molar-refractivity contribution in [1.29, 1.82) is 0 Å². The minimum atomic E-state index is -0.528. The quantitative estimate of drug-likeness (QED) is 0.286. The molecule has 0 unspecified atom stereocenters. The Morgan fingerprint density at radius 1 is 0.364 bits per heavy atom. The lowest BCUT2D eigenvalue weighted by Gasteiger charge is -2.45. The van der Waals surface area contributed by atoms with E-state index in [1.165, 1.54) is 45.0 Å². The van der Waals surface area contributed by atoms with Gasteiger partial charge in [-0.25, -0.2) is 0 Å². The van der Waals surface area contributed by atoms with Crippen molar-refractivity contribution in [1.82, 2.24) is 0 Å². The van der Waals surface area contributed by atoms with E-state index in [0.29, 0.717) is 0 Å². The molecule has 5 aromatic carbocycles. The smallest absolute Gasteiger partial charge is 0.176 e. The van der Waals surface area contributed by atoms with Crippen LogP contribution in [0.4, 0.5) is 22.7 Å². The second-order valence-corrected chi connectivity index (χ2v) is 8.59. The molecular weight excluding hydrogens is 400 g/mol. The van der Waals surface area contributed by atoms with Crippen molar-refractivity contribution in [3.63, 3.8) is 0 Å². The van der Waals surface area contributed by atoms with E-state index in [2.05, 4.69) is 143 Å². The minimum Gasteiger partial charge on any atom is -0.308 e. The first-order valence-electron chi connectivity index (χ1n) is 11.4. The van der Waals surface area contributed by atoms with Crippen molar-refractivity contribution >= 4 is 22.7 Å². The van der Waals surface area contributed by atoms with E-state index >= 15 is 0 Å². The summed E-state index contributed by atoms with van der Waals surface area (Å²) in [6.07, 6.45) is 0. The number of benzene rings is 5. The van der Waals surface area contributed by atoms with Gasteiger partial charge in [-0.3, -0.25) is 0 Å². The standard InChI is InChI=1S/C31H22N2/c1-3-13-23(14-4-1)32-29-21-11-12-22-30(29)33(24-15-5-2-6-16-24)31(32)27-19-9-7-17-25(27)26-18-8-10-20-28(26)31/h1-22H. The molecule has 156 valence electrons. The van der Waals surface area contributed by atoms with Gasteiger partial charge >= 0.3 is 0 Å². The first-order chi connectivity index (χ1) is 16.4. The fraction of sp³-hybridized carbons (Fsp3) is 0.0323. The van der Waals surface area contributed by atoms with Crippen LogP contribution in [-0.2, 0) is 5.66 Å². The zero-order valence-corrected chi connectivity index (χ0v) is 18.1. The van der Waals surface area contributed by atoms with Crippen LogP contribution in [0.2, 0.25) is 0 Å². The van der Waals surface area contributed by atoms with Crippen molar-refractivity contribution in [2.45, 2.75) is 5.66 Å². The molecule has 0 aromatic heterocycles. The van der Waals surface area contributed by atoms with E-state index in [1.807, 2.05) is 0 Å². The normalized spacial score (nSPS) is 14.8. The van der Waals surface area contributed by atoms with Gasteiger partial charge in [0.05, 0.1) is 11.4 Å². The van der Waals surface area contributed by atoms with E-state index in [-0.39, 0.29) is 0 Å². The Hall–Kier alpha value is -4.30. The molecule has 33 heavy (non-hydrogen) atoms. The summed E-state index contributed by atoms with van der Waals surface area (Å²) in [5.41, 5.74) is 9.43. The maximum absolute atomic E-state index is 2.53. The number of hydrogen-bond donors (Lipinski definition) is 0. The summed E-state index contributed by atoms with van der Waals surface area (Å²) in [6, 6.07) is 48.1. The molecule has 2 nitrogen and oxygen atoms in total. The highest BCUT2D eigenvalue weighted by molar-refractivity contribution is 5.98. The fourth-order valence-electron chi connectivity index (χ4n) is 5.77. The van der Waals surface area contributed by atoms with Crippen LogP contribution in [0.1, 0.15) is 11.1 Å². The Balaban J connectivity index is 1.67. The van der Waals surface area contributed by atoms with E-state index < -0.39 is 5.66 Å². The van der Waals surface area contributed by atoms with Gasteiger partial charge in [-0.2, -0.15) is 0 Å². The lowest BCUT2D eigenvalue weighted by Crippen LogP contribution is -2.50. The van der Waals surface area contributed by atoms with Gasteiger partial charge in [0.15, 0.2) is 5.66 Å². The van der Waals surface area contributed by atoms with Gasteiger partial charge in [-0.15, -0.1) is 0 Å². The highest BCUT2D eigenvalue weighted by atomic mass is 15.5. The number of rotatable bonds is 2. The lowest BCUT2D eigenvalue weighted by molar-refractivity contribution is 0.574. The Bertz CT molecular complexity index is 1360. The van der Waals surface area contributed by atoms with Crippen LogP contribution >= 0.6 is 0 Å². The van der Waals surface area contributed by atoms with Crippen LogP contribution in [0.15, 0.2) is 133 Å². The van der Waals surface area contributed by atoms with Crippen LogP contribution < -0.4 is 9.80 Å². The Morgan fingerprint density at radius 3 is 1.18 bits per heavy atom. The number of hydrogen-bond acceptors (Lipinski definition) is 2. The van der Waals surface area contributed by atoms with Gasteiger partial charge in [0.25, 0.3) is 0 Å². The number of anilines is 4. The molecule has 0 amide bonds. The summed E-state index contributed by atoms with van der Waals surface area (Å²) in [6.45, 7) is 0. The Kier molecular flexibility index (Phi) is 3.80. The van der Waals surface area contributed by atoms with Crippen LogP contribution in [-0.4, -0.2) is 0 Å². The molecule has 0 fully saturated rings. The fourth-order valence-corrected chi connectivity index (χ4v) is 5.77. The second-order valence-electron chi connectivity index (χ2n) is 8.59. The zero-order chi connectivity index (χ0) is 21.8. The van der Waals surface area contributed by atoms with Crippen molar-refractivity contribution in [2.75, 3.05) is 9.80 Å². The van der Waals surface area contributed by atoms with Gasteiger partial charge < -0.3 is 9.80 Å². The van der Waals surface area contributed by atoms with Gasteiger partial charge in [0.1, 0.15) is 0 Å². The Labute approximate surface area is 194 Å².